The molecule has 1 aliphatic heterocycles. The highest BCUT2D eigenvalue weighted by Gasteiger charge is 2.27. The standard InChI is InChI=1S/C25H22N4O5/c1-25(2,3)17-7-4-15(5-8-17)23(30)29(24(31)32)22-13-28-21(26-22)11-9-18(27-28)16-6-10-19-20(12-16)34-14-33-19/h4-13H,14H2,1-3H3,(H,31,32). The van der Waals surface area contributed by atoms with Crippen LogP contribution in [-0.4, -0.2) is 38.5 Å². The van der Waals surface area contributed by atoms with E-state index in [1.807, 2.05) is 24.3 Å². The number of imide groups is 1. The third kappa shape index (κ3) is 3.81. The van der Waals surface area contributed by atoms with Crippen LogP contribution in [0.3, 0.4) is 0 Å². The van der Waals surface area contributed by atoms with Gasteiger partial charge in [0.1, 0.15) is 0 Å². The molecule has 0 radical (unpaired) electrons. The van der Waals surface area contributed by atoms with E-state index in [0.29, 0.717) is 27.7 Å². The maximum Gasteiger partial charge on any atom is 0.420 e. The van der Waals surface area contributed by atoms with Crippen molar-refractivity contribution >= 4 is 23.5 Å². The lowest BCUT2D eigenvalue weighted by molar-refractivity contribution is 0.0982. The summed E-state index contributed by atoms with van der Waals surface area (Å²) in [6.45, 7) is 6.37. The van der Waals surface area contributed by atoms with Crippen molar-refractivity contribution in [1.29, 1.82) is 0 Å². The van der Waals surface area contributed by atoms with E-state index in [4.69, 9.17) is 9.47 Å². The molecule has 2 aromatic carbocycles. The summed E-state index contributed by atoms with van der Waals surface area (Å²) in [7, 11) is 0. The van der Waals surface area contributed by atoms with Gasteiger partial charge in [0.2, 0.25) is 6.79 Å². The molecule has 9 nitrogen and oxygen atoms in total. The minimum Gasteiger partial charge on any atom is -0.464 e. The number of hydrogen-bond donors (Lipinski definition) is 1. The van der Waals surface area contributed by atoms with Gasteiger partial charge in [0.15, 0.2) is 23.0 Å². The molecule has 34 heavy (non-hydrogen) atoms. The molecule has 2 amide bonds. The molecule has 0 saturated carbocycles. The molecule has 4 aromatic rings. The van der Waals surface area contributed by atoms with E-state index >= 15 is 0 Å². The molecule has 3 heterocycles. The van der Waals surface area contributed by atoms with Crippen LogP contribution in [0.2, 0.25) is 0 Å². The molecule has 9 heteroatoms. The van der Waals surface area contributed by atoms with Gasteiger partial charge in [0.25, 0.3) is 5.91 Å². The summed E-state index contributed by atoms with van der Waals surface area (Å²) in [4.78, 5) is 30.0. The fraction of sp³-hybridized carbons (Fsp3) is 0.200. The van der Waals surface area contributed by atoms with Crippen molar-refractivity contribution in [2.45, 2.75) is 26.2 Å². The van der Waals surface area contributed by atoms with Gasteiger partial charge in [-0.15, -0.1) is 0 Å². The Bertz CT molecular complexity index is 1420. The molecule has 0 atom stereocenters. The molecule has 0 spiro atoms. The summed E-state index contributed by atoms with van der Waals surface area (Å²) in [5, 5.41) is 14.3. The number of carbonyl (C=O) groups is 2. The van der Waals surface area contributed by atoms with Gasteiger partial charge in [-0.1, -0.05) is 32.9 Å². The molecular formula is C25H22N4O5. The highest BCUT2D eigenvalue weighted by atomic mass is 16.7. The van der Waals surface area contributed by atoms with Gasteiger partial charge in [-0.3, -0.25) is 4.79 Å². The molecule has 0 bridgehead atoms. The van der Waals surface area contributed by atoms with Gasteiger partial charge in [-0.05, 0) is 53.4 Å². The Morgan fingerprint density at radius 2 is 1.74 bits per heavy atom. The van der Waals surface area contributed by atoms with Crippen LogP contribution in [0.25, 0.3) is 16.9 Å². The predicted molar refractivity (Wildman–Crippen MR) is 125 cm³/mol. The van der Waals surface area contributed by atoms with Gasteiger partial charge < -0.3 is 14.6 Å². The van der Waals surface area contributed by atoms with Crippen molar-refractivity contribution in [2.24, 2.45) is 0 Å². The van der Waals surface area contributed by atoms with Crippen LogP contribution in [0.15, 0.2) is 60.8 Å². The maximum atomic E-state index is 13.1. The van der Waals surface area contributed by atoms with Crippen LogP contribution < -0.4 is 14.4 Å². The minimum atomic E-state index is -1.43. The monoisotopic (exact) mass is 458 g/mol. The lowest BCUT2D eigenvalue weighted by Gasteiger charge is -2.20. The SMILES string of the molecule is CC(C)(C)c1ccc(C(=O)N(C(=O)O)c2cn3nc(-c4ccc5c(c4)OCO5)ccc3n2)cc1. The Labute approximate surface area is 195 Å². The summed E-state index contributed by atoms with van der Waals surface area (Å²) < 4.78 is 12.2. The van der Waals surface area contributed by atoms with Crippen LogP contribution >= 0.6 is 0 Å². The average molecular weight is 458 g/mol. The zero-order valence-electron chi connectivity index (χ0n) is 18.8. The van der Waals surface area contributed by atoms with Gasteiger partial charge in [-0.25, -0.2) is 14.3 Å². The van der Waals surface area contributed by atoms with Crippen LogP contribution in [0, 0.1) is 0 Å². The molecule has 1 N–H and O–H groups in total. The summed E-state index contributed by atoms with van der Waals surface area (Å²) in [5.74, 6) is 0.576. The second-order valence-electron chi connectivity index (χ2n) is 8.94. The second-order valence-corrected chi connectivity index (χ2v) is 8.94. The molecule has 2 aromatic heterocycles. The maximum absolute atomic E-state index is 13.1. The Balaban J connectivity index is 1.47. The number of hydrogen-bond acceptors (Lipinski definition) is 6. The number of nitrogens with zero attached hydrogens (tertiary/aromatic N) is 4. The average Bonchev–Trinajstić information content (AvgIpc) is 3.44. The smallest absolute Gasteiger partial charge is 0.420 e. The lowest BCUT2D eigenvalue weighted by Crippen LogP contribution is -2.36. The van der Waals surface area contributed by atoms with Crippen molar-refractivity contribution in [2.75, 3.05) is 11.7 Å². The number of rotatable bonds is 3. The summed E-state index contributed by atoms with van der Waals surface area (Å²) in [5.41, 5.74) is 3.03. The Morgan fingerprint density at radius 3 is 2.44 bits per heavy atom. The van der Waals surface area contributed by atoms with Crippen molar-refractivity contribution in [3.8, 4) is 22.8 Å². The Morgan fingerprint density at radius 1 is 1.00 bits per heavy atom. The number of anilines is 1. The number of benzene rings is 2. The lowest BCUT2D eigenvalue weighted by atomic mass is 9.86. The van der Waals surface area contributed by atoms with Crippen molar-refractivity contribution < 1.29 is 24.2 Å². The Hall–Kier alpha value is -4.40. The fourth-order valence-electron chi connectivity index (χ4n) is 3.72. The number of imidazole rings is 1. The van der Waals surface area contributed by atoms with Crippen LogP contribution in [0.4, 0.5) is 10.6 Å². The number of ether oxygens (including phenoxy) is 2. The first-order chi connectivity index (χ1) is 16.2. The van der Waals surface area contributed by atoms with Gasteiger partial charge >= 0.3 is 6.09 Å². The number of carbonyl (C=O) groups excluding carboxylic acids is 1. The van der Waals surface area contributed by atoms with Crippen LogP contribution in [-0.2, 0) is 5.41 Å². The molecule has 0 unspecified atom stereocenters. The quantitative estimate of drug-likeness (QED) is 0.472. The number of fused-ring (bicyclic) bond motifs is 2. The first kappa shape index (κ1) is 21.4. The van der Waals surface area contributed by atoms with Gasteiger partial charge in [0, 0.05) is 11.1 Å². The molecule has 0 saturated heterocycles. The molecule has 1 aliphatic rings. The highest BCUT2D eigenvalue weighted by molar-refractivity contribution is 6.18. The zero-order chi connectivity index (χ0) is 24.0. The summed E-state index contributed by atoms with van der Waals surface area (Å²) in [6.07, 6.45) is -0.00857. The largest absolute Gasteiger partial charge is 0.464 e. The topological polar surface area (TPSA) is 106 Å². The first-order valence-corrected chi connectivity index (χ1v) is 10.6. The van der Waals surface area contributed by atoms with Gasteiger partial charge in [0.05, 0.1) is 11.9 Å². The van der Waals surface area contributed by atoms with E-state index in [0.717, 1.165) is 11.1 Å². The molecule has 5 rings (SSSR count). The second kappa shape index (κ2) is 7.87. The molecule has 0 fully saturated rings. The third-order valence-electron chi connectivity index (χ3n) is 5.60. The van der Waals surface area contributed by atoms with E-state index in [2.05, 4.69) is 30.9 Å². The van der Waals surface area contributed by atoms with E-state index in [1.165, 1.54) is 10.7 Å². The van der Waals surface area contributed by atoms with Gasteiger partial charge in [-0.2, -0.15) is 10.00 Å². The molecular weight excluding hydrogens is 436 g/mol. The summed E-state index contributed by atoms with van der Waals surface area (Å²) in [6, 6.07) is 15.9. The van der Waals surface area contributed by atoms with Crippen molar-refractivity contribution in [1.82, 2.24) is 14.6 Å². The number of amides is 2. The first-order valence-electron chi connectivity index (χ1n) is 10.6. The Kier molecular flexibility index (Phi) is 4.97. The zero-order valence-corrected chi connectivity index (χ0v) is 18.8. The van der Waals surface area contributed by atoms with E-state index < -0.39 is 12.0 Å². The fourth-order valence-corrected chi connectivity index (χ4v) is 3.72. The molecule has 172 valence electrons. The number of carboxylic acid groups (broad SMARTS) is 1. The third-order valence-corrected chi connectivity index (χ3v) is 5.60. The van der Waals surface area contributed by atoms with E-state index in [1.54, 1.807) is 30.3 Å². The minimum absolute atomic E-state index is 0.0345. The predicted octanol–water partition coefficient (Wildman–Crippen LogP) is 4.75. The normalized spacial score (nSPS) is 12.7. The summed E-state index contributed by atoms with van der Waals surface area (Å²) >= 11 is 0. The van der Waals surface area contributed by atoms with Crippen LogP contribution in [0.5, 0.6) is 11.5 Å². The van der Waals surface area contributed by atoms with E-state index in [-0.39, 0.29) is 23.6 Å². The van der Waals surface area contributed by atoms with E-state index in [9.17, 15) is 14.7 Å². The molecule has 0 aliphatic carbocycles. The van der Waals surface area contributed by atoms with Crippen molar-refractivity contribution in [3.63, 3.8) is 0 Å². The number of aromatic nitrogens is 3. The van der Waals surface area contributed by atoms with Crippen LogP contribution in [0.1, 0.15) is 36.7 Å². The highest BCUT2D eigenvalue weighted by Crippen LogP contribution is 2.35. The van der Waals surface area contributed by atoms with Crippen molar-refractivity contribution in [3.05, 3.63) is 71.9 Å².